The van der Waals surface area contributed by atoms with E-state index in [4.69, 9.17) is 9.47 Å². The number of benzene rings is 2. The van der Waals surface area contributed by atoms with Crippen LogP contribution in [0.15, 0.2) is 67.3 Å². The average Bonchev–Trinajstić information content (AvgIpc) is 3.36. The lowest BCUT2D eigenvalue weighted by Crippen LogP contribution is -2.12. The zero-order chi connectivity index (χ0) is 20.2. The monoisotopic (exact) mass is 389 g/mol. The zero-order valence-electron chi connectivity index (χ0n) is 16.5. The Hall–Kier alpha value is -3.54. The van der Waals surface area contributed by atoms with Gasteiger partial charge < -0.3 is 14.0 Å². The molecule has 4 aromatic rings. The van der Waals surface area contributed by atoms with Crippen LogP contribution in [0.2, 0.25) is 0 Å². The Morgan fingerprint density at radius 3 is 2.62 bits per heavy atom. The Balaban J connectivity index is 1.53. The SMILES string of the molecule is CCOC(=O)c1ccc(OCCn2c(-n3ccnc3)c(C)c3ccccc32)cc1. The first-order valence-corrected chi connectivity index (χ1v) is 9.65. The van der Waals surface area contributed by atoms with E-state index in [1.807, 2.05) is 23.2 Å². The third-order valence-corrected chi connectivity index (χ3v) is 4.89. The van der Waals surface area contributed by atoms with Crippen molar-refractivity contribution in [1.82, 2.24) is 14.1 Å². The molecule has 4 rings (SSSR count). The molecule has 2 aromatic heterocycles. The van der Waals surface area contributed by atoms with E-state index in [0.29, 0.717) is 25.3 Å². The number of aromatic nitrogens is 3. The molecule has 2 heterocycles. The molecule has 0 saturated carbocycles. The highest BCUT2D eigenvalue weighted by molar-refractivity contribution is 5.89. The van der Waals surface area contributed by atoms with E-state index in [9.17, 15) is 4.79 Å². The van der Waals surface area contributed by atoms with Gasteiger partial charge >= 0.3 is 5.97 Å². The van der Waals surface area contributed by atoms with Gasteiger partial charge in [-0.3, -0.25) is 4.57 Å². The molecule has 0 unspecified atom stereocenters. The number of ether oxygens (including phenoxy) is 2. The molecule has 0 N–H and O–H groups in total. The number of nitrogens with zero attached hydrogens (tertiary/aromatic N) is 3. The number of carbonyl (C=O) groups is 1. The minimum Gasteiger partial charge on any atom is -0.492 e. The topological polar surface area (TPSA) is 58.3 Å². The van der Waals surface area contributed by atoms with Gasteiger partial charge in [-0.15, -0.1) is 0 Å². The van der Waals surface area contributed by atoms with Gasteiger partial charge in [-0.05, 0) is 49.7 Å². The molecule has 0 saturated heterocycles. The second-order valence-corrected chi connectivity index (χ2v) is 6.68. The van der Waals surface area contributed by atoms with Crippen LogP contribution < -0.4 is 4.74 Å². The van der Waals surface area contributed by atoms with Crippen LogP contribution in [0.25, 0.3) is 16.7 Å². The van der Waals surface area contributed by atoms with Crippen LogP contribution in [-0.4, -0.2) is 33.3 Å². The van der Waals surface area contributed by atoms with Crippen LogP contribution in [0.4, 0.5) is 0 Å². The third-order valence-electron chi connectivity index (χ3n) is 4.89. The standard InChI is InChI=1S/C23H23N3O3/c1-3-28-23(27)18-8-10-19(11-9-18)29-15-14-26-21-7-5-4-6-20(21)17(2)22(26)25-13-12-24-16-25/h4-13,16H,3,14-15H2,1-2H3. The molecule has 0 amide bonds. The molecule has 29 heavy (non-hydrogen) atoms. The highest BCUT2D eigenvalue weighted by Crippen LogP contribution is 2.28. The van der Waals surface area contributed by atoms with Gasteiger partial charge in [0.15, 0.2) is 0 Å². The highest BCUT2D eigenvalue weighted by atomic mass is 16.5. The van der Waals surface area contributed by atoms with Crippen molar-refractivity contribution in [3.63, 3.8) is 0 Å². The number of rotatable bonds is 7. The fourth-order valence-electron chi connectivity index (χ4n) is 3.56. The average molecular weight is 389 g/mol. The number of imidazole rings is 1. The number of esters is 1. The summed E-state index contributed by atoms with van der Waals surface area (Å²) in [5.41, 5.74) is 2.89. The molecule has 0 fully saturated rings. The maximum Gasteiger partial charge on any atom is 0.338 e. The van der Waals surface area contributed by atoms with Crippen molar-refractivity contribution in [3.8, 4) is 11.6 Å². The molecule has 6 nitrogen and oxygen atoms in total. The van der Waals surface area contributed by atoms with E-state index < -0.39 is 0 Å². The van der Waals surface area contributed by atoms with Gasteiger partial charge in [-0.1, -0.05) is 18.2 Å². The van der Waals surface area contributed by atoms with Crippen LogP contribution in [-0.2, 0) is 11.3 Å². The molecule has 148 valence electrons. The van der Waals surface area contributed by atoms with E-state index >= 15 is 0 Å². The molecular formula is C23H23N3O3. The summed E-state index contributed by atoms with van der Waals surface area (Å²) in [6.07, 6.45) is 5.54. The molecular weight excluding hydrogens is 366 g/mol. The smallest absolute Gasteiger partial charge is 0.338 e. The van der Waals surface area contributed by atoms with Crippen molar-refractivity contribution in [2.24, 2.45) is 0 Å². The predicted molar refractivity (Wildman–Crippen MR) is 112 cm³/mol. The van der Waals surface area contributed by atoms with Crippen LogP contribution in [0, 0.1) is 6.92 Å². The lowest BCUT2D eigenvalue weighted by Gasteiger charge is -2.13. The van der Waals surface area contributed by atoms with Gasteiger partial charge in [-0.2, -0.15) is 0 Å². The van der Waals surface area contributed by atoms with Crippen LogP contribution in [0.3, 0.4) is 0 Å². The number of aryl methyl sites for hydroxylation is 1. The van der Waals surface area contributed by atoms with Crippen molar-refractivity contribution < 1.29 is 14.3 Å². The lowest BCUT2D eigenvalue weighted by atomic mass is 10.2. The Labute approximate surface area is 169 Å². The quantitative estimate of drug-likeness (QED) is 0.440. The summed E-state index contributed by atoms with van der Waals surface area (Å²) in [5, 5.41) is 1.22. The summed E-state index contributed by atoms with van der Waals surface area (Å²) in [5.74, 6) is 1.48. The molecule has 0 aliphatic rings. The molecule has 2 aromatic carbocycles. The number of fused-ring (bicyclic) bond motifs is 1. The van der Waals surface area contributed by atoms with E-state index in [2.05, 4.69) is 34.7 Å². The van der Waals surface area contributed by atoms with Crippen LogP contribution >= 0.6 is 0 Å². The first-order valence-electron chi connectivity index (χ1n) is 9.65. The van der Waals surface area contributed by atoms with Gasteiger partial charge in [-0.25, -0.2) is 9.78 Å². The zero-order valence-corrected chi connectivity index (χ0v) is 16.5. The maximum atomic E-state index is 11.8. The molecule has 0 aliphatic heterocycles. The normalized spacial score (nSPS) is 11.0. The predicted octanol–water partition coefficient (Wildman–Crippen LogP) is 4.39. The highest BCUT2D eigenvalue weighted by Gasteiger charge is 2.15. The lowest BCUT2D eigenvalue weighted by molar-refractivity contribution is 0.0526. The second-order valence-electron chi connectivity index (χ2n) is 6.68. The van der Waals surface area contributed by atoms with Crippen molar-refractivity contribution >= 4 is 16.9 Å². The summed E-state index contributed by atoms with van der Waals surface area (Å²) >= 11 is 0. The van der Waals surface area contributed by atoms with Crippen molar-refractivity contribution in [2.75, 3.05) is 13.2 Å². The van der Waals surface area contributed by atoms with E-state index in [-0.39, 0.29) is 5.97 Å². The summed E-state index contributed by atoms with van der Waals surface area (Å²) in [6.45, 7) is 5.46. The number of hydrogen-bond acceptors (Lipinski definition) is 4. The molecule has 0 spiro atoms. The number of hydrogen-bond donors (Lipinski definition) is 0. The summed E-state index contributed by atoms with van der Waals surface area (Å²) in [7, 11) is 0. The molecule has 0 aliphatic carbocycles. The Bertz CT molecular complexity index is 1110. The minimum atomic E-state index is -0.321. The molecule has 0 radical (unpaired) electrons. The second kappa shape index (κ2) is 8.22. The number of para-hydroxylation sites is 1. The first kappa shape index (κ1) is 18.8. The van der Waals surface area contributed by atoms with Gasteiger partial charge in [0.05, 0.1) is 24.2 Å². The van der Waals surface area contributed by atoms with Crippen molar-refractivity contribution in [1.29, 1.82) is 0 Å². The van der Waals surface area contributed by atoms with E-state index in [1.165, 1.54) is 10.9 Å². The number of carbonyl (C=O) groups excluding carboxylic acids is 1. The molecule has 0 atom stereocenters. The van der Waals surface area contributed by atoms with E-state index in [0.717, 1.165) is 17.1 Å². The van der Waals surface area contributed by atoms with Gasteiger partial charge in [0.1, 0.15) is 24.5 Å². The van der Waals surface area contributed by atoms with Gasteiger partial charge in [0.25, 0.3) is 0 Å². The Morgan fingerprint density at radius 2 is 1.90 bits per heavy atom. The third kappa shape index (κ3) is 3.74. The van der Waals surface area contributed by atoms with Crippen LogP contribution in [0.5, 0.6) is 5.75 Å². The van der Waals surface area contributed by atoms with Crippen molar-refractivity contribution in [3.05, 3.63) is 78.4 Å². The molecule has 6 heteroatoms. The van der Waals surface area contributed by atoms with Crippen molar-refractivity contribution in [2.45, 2.75) is 20.4 Å². The summed E-state index contributed by atoms with van der Waals surface area (Å²) < 4.78 is 15.2. The summed E-state index contributed by atoms with van der Waals surface area (Å²) in [4.78, 5) is 16.0. The fraction of sp³-hybridized carbons (Fsp3) is 0.217. The Kier molecular flexibility index (Phi) is 5.33. The maximum absolute atomic E-state index is 11.8. The first-order chi connectivity index (χ1) is 14.2. The van der Waals surface area contributed by atoms with Gasteiger partial charge in [0, 0.05) is 17.8 Å². The minimum absolute atomic E-state index is 0.321. The Morgan fingerprint density at radius 1 is 1.10 bits per heavy atom. The largest absolute Gasteiger partial charge is 0.492 e. The summed E-state index contributed by atoms with van der Waals surface area (Å²) in [6, 6.07) is 15.4. The molecule has 0 bridgehead atoms. The van der Waals surface area contributed by atoms with Gasteiger partial charge in [0.2, 0.25) is 0 Å². The van der Waals surface area contributed by atoms with E-state index in [1.54, 1.807) is 37.4 Å². The van der Waals surface area contributed by atoms with Crippen LogP contribution in [0.1, 0.15) is 22.8 Å². The fourth-order valence-corrected chi connectivity index (χ4v) is 3.56.